The van der Waals surface area contributed by atoms with Gasteiger partial charge >= 0.3 is 0 Å². The third-order valence-electron chi connectivity index (χ3n) is 16.4. The highest BCUT2D eigenvalue weighted by molar-refractivity contribution is 7.00. The number of benzene rings is 8. The van der Waals surface area contributed by atoms with Crippen molar-refractivity contribution in [3.8, 4) is 28.2 Å². The molecular formula is C71H77BN4. The highest BCUT2D eigenvalue weighted by Crippen LogP contribution is 2.48. The second-order valence-corrected chi connectivity index (χ2v) is 26.6. The predicted octanol–water partition coefficient (Wildman–Crippen LogP) is 17.9. The molecule has 5 heteroatoms. The summed E-state index contributed by atoms with van der Waals surface area (Å²) in [5.74, 6) is 1.56. The molecule has 0 saturated heterocycles. The molecule has 384 valence electrons. The zero-order valence-corrected chi connectivity index (χ0v) is 48.1. The standard InChI is InChI=1S/C71H77BN4/c1-44(2)55-23-20-24-56(45(3)4)66(55)76-62-39-47(25-36-59(62)73-67(76)46-21-18-17-19-22-46)48-40-63-65-64(41-48)75(54-34-28-50(29-35-54)69(8,9)10)61-38-31-52(71(14,15)16)43-58(61)72(65)57-42-51(70(11,12)13)30-37-60(57)74(63)53-32-26-49(27-33-53)68(5,6)7/h17-45H,1-16H3. The lowest BCUT2D eigenvalue weighted by Gasteiger charge is -2.45. The van der Waals surface area contributed by atoms with Crippen LogP contribution < -0.4 is 26.2 Å². The number of anilines is 6. The third kappa shape index (κ3) is 8.78. The van der Waals surface area contributed by atoms with Gasteiger partial charge in [-0.1, -0.05) is 214 Å². The number of rotatable bonds is 7. The Bertz CT molecular complexity index is 3500. The van der Waals surface area contributed by atoms with Crippen LogP contribution in [0.1, 0.15) is 156 Å². The van der Waals surface area contributed by atoms with Crippen molar-refractivity contribution in [3.63, 3.8) is 0 Å². The molecule has 0 aliphatic carbocycles. The molecule has 8 aromatic carbocycles. The molecule has 0 bridgehead atoms. The van der Waals surface area contributed by atoms with Crippen LogP contribution in [0.5, 0.6) is 0 Å². The van der Waals surface area contributed by atoms with E-state index in [2.05, 4.69) is 289 Å². The molecular weight excluding hydrogens is 920 g/mol. The van der Waals surface area contributed by atoms with Crippen molar-refractivity contribution in [1.29, 1.82) is 0 Å². The van der Waals surface area contributed by atoms with Gasteiger partial charge in [0.2, 0.25) is 0 Å². The van der Waals surface area contributed by atoms with Gasteiger partial charge in [0, 0.05) is 39.7 Å². The van der Waals surface area contributed by atoms with Gasteiger partial charge < -0.3 is 9.80 Å². The third-order valence-corrected chi connectivity index (χ3v) is 16.4. The lowest BCUT2D eigenvalue weighted by Crippen LogP contribution is -2.61. The summed E-state index contributed by atoms with van der Waals surface area (Å²) < 4.78 is 2.48. The molecule has 76 heavy (non-hydrogen) atoms. The van der Waals surface area contributed by atoms with Gasteiger partial charge in [-0.15, -0.1) is 0 Å². The summed E-state index contributed by atoms with van der Waals surface area (Å²) in [6.45, 7) is 37.1. The Labute approximate surface area is 455 Å². The largest absolute Gasteiger partial charge is 0.311 e. The average molecular weight is 997 g/mol. The van der Waals surface area contributed by atoms with Crippen LogP contribution in [-0.4, -0.2) is 16.3 Å². The van der Waals surface area contributed by atoms with E-state index in [1.807, 2.05) is 0 Å². The van der Waals surface area contributed by atoms with Crippen LogP contribution in [0, 0.1) is 0 Å². The summed E-state index contributed by atoms with van der Waals surface area (Å²) in [6, 6.07) is 63.1. The fourth-order valence-corrected chi connectivity index (χ4v) is 11.9. The molecule has 0 radical (unpaired) electrons. The molecule has 0 atom stereocenters. The van der Waals surface area contributed by atoms with E-state index in [1.165, 1.54) is 78.2 Å². The first-order valence-corrected chi connectivity index (χ1v) is 27.9. The van der Waals surface area contributed by atoms with Crippen LogP contribution in [0.3, 0.4) is 0 Å². The van der Waals surface area contributed by atoms with Crippen molar-refractivity contribution in [2.45, 2.75) is 144 Å². The van der Waals surface area contributed by atoms with Crippen LogP contribution in [-0.2, 0) is 21.7 Å². The van der Waals surface area contributed by atoms with Crippen LogP contribution in [0.2, 0.25) is 0 Å². The molecule has 9 aromatic rings. The highest BCUT2D eigenvalue weighted by Gasteiger charge is 2.45. The zero-order chi connectivity index (χ0) is 54.0. The van der Waals surface area contributed by atoms with Crippen molar-refractivity contribution >= 4 is 68.3 Å². The minimum absolute atomic E-state index is 0.0127. The Balaban J connectivity index is 1.26. The number of para-hydroxylation sites is 1. The predicted molar refractivity (Wildman–Crippen MR) is 329 cm³/mol. The Morgan fingerprint density at radius 3 is 1.28 bits per heavy atom. The summed E-state index contributed by atoms with van der Waals surface area (Å²) in [4.78, 5) is 10.7. The van der Waals surface area contributed by atoms with Crippen molar-refractivity contribution in [2.24, 2.45) is 0 Å². The van der Waals surface area contributed by atoms with E-state index >= 15 is 0 Å². The Morgan fingerprint density at radius 1 is 0.395 bits per heavy atom. The van der Waals surface area contributed by atoms with Gasteiger partial charge in [-0.25, -0.2) is 4.98 Å². The maximum Gasteiger partial charge on any atom is 0.252 e. The molecule has 0 saturated carbocycles. The van der Waals surface area contributed by atoms with Gasteiger partial charge in [0.05, 0.1) is 16.7 Å². The van der Waals surface area contributed by atoms with Gasteiger partial charge in [-0.05, 0) is 155 Å². The summed E-state index contributed by atoms with van der Waals surface area (Å²) in [6.07, 6.45) is 0. The van der Waals surface area contributed by atoms with E-state index in [0.29, 0.717) is 11.8 Å². The normalized spacial score (nSPS) is 13.7. The van der Waals surface area contributed by atoms with Gasteiger partial charge in [-0.2, -0.15) is 0 Å². The summed E-state index contributed by atoms with van der Waals surface area (Å²) in [5.41, 5.74) is 25.7. The van der Waals surface area contributed by atoms with Crippen molar-refractivity contribution < 1.29 is 0 Å². The molecule has 0 N–H and O–H groups in total. The topological polar surface area (TPSA) is 24.3 Å². The van der Waals surface area contributed by atoms with Crippen LogP contribution >= 0.6 is 0 Å². The lowest BCUT2D eigenvalue weighted by atomic mass is 9.33. The van der Waals surface area contributed by atoms with E-state index < -0.39 is 0 Å². The molecule has 0 spiro atoms. The van der Waals surface area contributed by atoms with Crippen molar-refractivity contribution in [1.82, 2.24) is 9.55 Å². The molecule has 0 unspecified atom stereocenters. The Hall–Kier alpha value is -7.11. The molecule has 1 aromatic heterocycles. The quantitative estimate of drug-likeness (QED) is 0.149. The van der Waals surface area contributed by atoms with E-state index in [-0.39, 0.29) is 28.4 Å². The van der Waals surface area contributed by atoms with Gasteiger partial charge in [-0.3, -0.25) is 4.57 Å². The van der Waals surface area contributed by atoms with Crippen molar-refractivity contribution in [2.75, 3.05) is 9.80 Å². The minimum Gasteiger partial charge on any atom is -0.311 e. The van der Waals surface area contributed by atoms with Crippen LogP contribution in [0.4, 0.5) is 34.1 Å². The SMILES string of the molecule is CC(C)c1cccc(C(C)C)c1-n1c(-c2ccccc2)nc2ccc(-c3cc4c5c(c3)N(c3ccc(C(C)(C)C)cc3)c3ccc(C(C)(C)C)cc3B5c3cc(C(C)(C)C)ccc3N4c3ccc(C(C)(C)C)cc3)cc21. The second kappa shape index (κ2) is 18.3. The molecule has 3 heterocycles. The Morgan fingerprint density at radius 2 is 0.842 bits per heavy atom. The molecule has 0 amide bonds. The molecule has 11 rings (SSSR count). The number of imidazole rings is 1. The van der Waals surface area contributed by atoms with Crippen LogP contribution in [0.15, 0.2) is 164 Å². The lowest BCUT2D eigenvalue weighted by molar-refractivity contribution is 0.590. The molecule has 2 aliphatic rings. The van der Waals surface area contributed by atoms with Crippen LogP contribution in [0.25, 0.3) is 39.2 Å². The first-order valence-electron chi connectivity index (χ1n) is 27.9. The van der Waals surface area contributed by atoms with E-state index in [4.69, 9.17) is 4.98 Å². The number of aromatic nitrogens is 2. The van der Waals surface area contributed by atoms with E-state index in [0.717, 1.165) is 44.9 Å². The number of fused-ring (bicyclic) bond motifs is 5. The first-order chi connectivity index (χ1) is 35.9. The maximum atomic E-state index is 5.51. The smallest absolute Gasteiger partial charge is 0.252 e. The van der Waals surface area contributed by atoms with Crippen molar-refractivity contribution in [3.05, 3.63) is 197 Å². The number of hydrogen-bond acceptors (Lipinski definition) is 3. The first kappa shape index (κ1) is 51.0. The maximum absolute atomic E-state index is 5.51. The fraction of sp³-hybridized carbons (Fsp3) is 0.310. The fourth-order valence-electron chi connectivity index (χ4n) is 11.9. The Kier molecular flexibility index (Phi) is 12.3. The average Bonchev–Trinajstić information content (AvgIpc) is 3.91. The summed E-state index contributed by atoms with van der Waals surface area (Å²) in [5, 5.41) is 0. The monoisotopic (exact) mass is 997 g/mol. The minimum atomic E-state index is -0.0517. The zero-order valence-electron chi connectivity index (χ0n) is 48.1. The van der Waals surface area contributed by atoms with E-state index in [1.54, 1.807) is 0 Å². The van der Waals surface area contributed by atoms with Gasteiger partial charge in [0.25, 0.3) is 6.71 Å². The highest BCUT2D eigenvalue weighted by atomic mass is 15.2. The number of hydrogen-bond donors (Lipinski definition) is 0. The summed E-state index contributed by atoms with van der Waals surface area (Å²) >= 11 is 0. The second-order valence-electron chi connectivity index (χ2n) is 26.6. The van der Waals surface area contributed by atoms with E-state index in [9.17, 15) is 0 Å². The van der Waals surface area contributed by atoms with Gasteiger partial charge in [0.1, 0.15) is 5.82 Å². The molecule has 4 nitrogen and oxygen atoms in total. The molecule has 0 fully saturated rings. The summed E-state index contributed by atoms with van der Waals surface area (Å²) in [7, 11) is 0. The molecule has 2 aliphatic heterocycles. The number of nitrogens with zero attached hydrogens (tertiary/aromatic N) is 4. The van der Waals surface area contributed by atoms with Gasteiger partial charge in [0.15, 0.2) is 0 Å².